The van der Waals surface area contributed by atoms with Crippen molar-refractivity contribution in [1.82, 2.24) is 0 Å². The van der Waals surface area contributed by atoms with Crippen LogP contribution in [0, 0.1) is 23.2 Å². The van der Waals surface area contributed by atoms with Crippen LogP contribution in [0.1, 0.15) is 59.3 Å². The summed E-state index contributed by atoms with van der Waals surface area (Å²) >= 11 is 0. The molecule has 0 saturated heterocycles. The molecule has 0 aromatic heterocycles. The highest BCUT2D eigenvalue weighted by molar-refractivity contribution is 5.17. The highest BCUT2D eigenvalue weighted by atomic mass is 14.5. The molecule has 86 valence electrons. The van der Waals surface area contributed by atoms with E-state index in [0.29, 0.717) is 5.41 Å². The molecule has 0 amide bonds. The predicted molar refractivity (Wildman–Crippen MR) is 66.8 cm³/mol. The van der Waals surface area contributed by atoms with Gasteiger partial charge in [0, 0.05) is 0 Å². The fourth-order valence-electron chi connectivity index (χ4n) is 4.12. The molecule has 15 heavy (non-hydrogen) atoms. The van der Waals surface area contributed by atoms with Gasteiger partial charge in [0.05, 0.1) is 0 Å². The van der Waals surface area contributed by atoms with Crippen LogP contribution >= 0.6 is 0 Å². The molecule has 0 spiro atoms. The topological polar surface area (TPSA) is 0 Å². The average molecular weight is 206 g/mol. The first-order valence-corrected chi connectivity index (χ1v) is 6.75. The molecule has 2 aliphatic carbocycles. The Morgan fingerprint density at radius 2 is 1.87 bits per heavy atom. The van der Waals surface area contributed by atoms with E-state index >= 15 is 0 Å². The van der Waals surface area contributed by atoms with E-state index in [9.17, 15) is 0 Å². The Kier molecular flexibility index (Phi) is 2.96. The quantitative estimate of drug-likeness (QED) is 0.499. The summed E-state index contributed by atoms with van der Waals surface area (Å²) in [5.41, 5.74) is 2.03. The normalized spacial score (nSPS) is 47.1. The first-order chi connectivity index (χ1) is 7.05. The molecule has 0 radical (unpaired) electrons. The maximum Gasteiger partial charge on any atom is -0.00856 e. The number of allylic oxidation sites excluding steroid dienone is 1. The summed E-state index contributed by atoms with van der Waals surface area (Å²) in [6, 6.07) is 0. The van der Waals surface area contributed by atoms with Gasteiger partial charge in [-0.05, 0) is 48.9 Å². The van der Waals surface area contributed by atoms with Gasteiger partial charge < -0.3 is 0 Å². The fraction of sp³-hybridized carbons (Fsp3) is 0.867. The molecule has 0 aromatic carbocycles. The molecule has 0 bridgehead atoms. The highest BCUT2D eigenvalue weighted by Gasteiger charge is 2.44. The molecule has 2 rings (SSSR count). The van der Waals surface area contributed by atoms with E-state index in [1.807, 2.05) is 0 Å². The molecule has 0 N–H and O–H groups in total. The summed E-state index contributed by atoms with van der Waals surface area (Å²) in [6.07, 6.45) is 8.50. The average Bonchev–Trinajstić information content (AvgIpc) is 2.31. The third-order valence-electron chi connectivity index (χ3n) is 5.35. The summed E-state index contributed by atoms with van der Waals surface area (Å²) in [6.45, 7) is 11.8. The van der Waals surface area contributed by atoms with Gasteiger partial charge in [-0.25, -0.2) is 0 Å². The second kappa shape index (κ2) is 3.96. The summed E-state index contributed by atoms with van der Waals surface area (Å²) in [4.78, 5) is 0. The Hall–Kier alpha value is -0.260. The Bertz CT molecular complexity index is 253. The Morgan fingerprint density at radius 1 is 1.13 bits per heavy atom. The van der Waals surface area contributed by atoms with Crippen molar-refractivity contribution in [3.63, 3.8) is 0 Å². The van der Waals surface area contributed by atoms with Crippen LogP contribution in [-0.4, -0.2) is 0 Å². The summed E-state index contributed by atoms with van der Waals surface area (Å²) in [7, 11) is 0. The molecular weight excluding hydrogens is 180 g/mol. The first-order valence-electron chi connectivity index (χ1n) is 6.75. The predicted octanol–water partition coefficient (Wildman–Crippen LogP) is 4.81. The monoisotopic (exact) mass is 206 g/mol. The van der Waals surface area contributed by atoms with Crippen molar-refractivity contribution in [2.24, 2.45) is 23.2 Å². The molecule has 2 fully saturated rings. The van der Waals surface area contributed by atoms with Crippen molar-refractivity contribution < 1.29 is 0 Å². The van der Waals surface area contributed by atoms with E-state index in [2.05, 4.69) is 27.4 Å². The maximum atomic E-state index is 4.45. The standard InChI is InChI=1S/C15H26/c1-11-8-9-12(2)14-7-5-6-10-15(14,4)13(11)3/h11-12,14H,3,5-10H2,1-2,4H3. The molecule has 0 nitrogen and oxygen atoms in total. The molecular formula is C15H26. The molecule has 0 aliphatic heterocycles. The third-order valence-corrected chi connectivity index (χ3v) is 5.35. The minimum absolute atomic E-state index is 0.466. The van der Waals surface area contributed by atoms with Crippen LogP contribution in [0.2, 0.25) is 0 Å². The van der Waals surface area contributed by atoms with Crippen molar-refractivity contribution in [3.05, 3.63) is 12.2 Å². The molecule has 0 aromatic rings. The second-order valence-corrected chi connectivity index (χ2v) is 6.25. The zero-order chi connectivity index (χ0) is 11.1. The second-order valence-electron chi connectivity index (χ2n) is 6.25. The largest absolute Gasteiger partial charge is 0.0990 e. The summed E-state index contributed by atoms with van der Waals surface area (Å²) in [5, 5.41) is 0. The Balaban J connectivity index is 2.31. The van der Waals surface area contributed by atoms with E-state index < -0.39 is 0 Å². The Labute approximate surface area is 95.1 Å². The molecule has 4 unspecified atom stereocenters. The minimum atomic E-state index is 0.466. The number of hydrogen-bond donors (Lipinski definition) is 0. The van der Waals surface area contributed by atoms with E-state index in [4.69, 9.17) is 0 Å². The van der Waals surface area contributed by atoms with Crippen LogP contribution in [0.4, 0.5) is 0 Å². The highest BCUT2D eigenvalue weighted by Crippen LogP contribution is 2.54. The zero-order valence-electron chi connectivity index (χ0n) is 10.7. The van der Waals surface area contributed by atoms with Crippen LogP contribution in [0.5, 0.6) is 0 Å². The molecule has 0 heterocycles. The maximum absolute atomic E-state index is 4.45. The zero-order valence-corrected chi connectivity index (χ0v) is 10.7. The van der Waals surface area contributed by atoms with Gasteiger partial charge in [0.15, 0.2) is 0 Å². The lowest BCUT2D eigenvalue weighted by Crippen LogP contribution is -2.36. The van der Waals surface area contributed by atoms with Gasteiger partial charge in [-0.3, -0.25) is 0 Å². The van der Waals surface area contributed by atoms with Crippen molar-refractivity contribution in [3.8, 4) is 0 Å². The van der Waals surface area contributed by atoms with Crippen LogP contribution in [0.3, 0.4) is 0 Å². The number of rotatable bonds is 0. The molecule has 2 aliphatic rings. The summed E-state index contributed by atoms with van der Waals surface area (Å²) < 4.78 is 0. The van der Waals surface area contributed by atoms with E-state index in [0.717, 1.165) is 17.8 Å². The molecule has 0 heteroatoms. The van der Waals surface area contributed by atoms with Crippen LogP contribution in [0.25, 0.3) is 0 Å². The lowest BCUT2D eigenvalue weighted by atomic mass is 9.60. The van der Waals surface area contributed by atoms with Gasteiger partial charge in [-0.2, -0.15) is 0 Å². The lowest BCUT2D eigenvalue weighted by Gasteiger charge is -2.45. The SMILES string of the molecule is C=C1C(C)CCC(C)C2CCCCC12C. The smallest absolute Gasteiger partial charge is 0.00856 e. The fourth-order valence-corrected chi connectivity index (χ4v) is 4.12. The third kappa shape index (κ3) is 1.77. The van der Waals surface area contributed by atoms with Gasteiger partial charge in [-0.1, -0.05) is 45.8 Å². The van der Waals surface area contributed by atoms with Crippen LogP contribution < -0.4 is 0 Å². The van der Waals surface area contributed by atoms with E-state index in [1.165, 1.54) is 38.5 Å². The molecule has 2 saturated carbocycles. The minimum Gasteiger partial charge on any atom is -0.0990 e. The molecule has 4 atom stereocenters. The Morgan fingerprint density at radius 3 is 2.60 bits per heavy atom. The van der Waals surface area contributed by atoms with Crippen LogP contribution in [0.15, 0.2) is 12.2 Å². The number of fused-ring (bicyclic) bond motifs is 1. The van der Waals surface area contributed by atoms with Gasteiger partial charge >= 0.3 is 0 Å². The van der Waals surface area contributed by atoms with E-state index in [1.54, 1.807) is 5.57 Å². The van der Waals surface area contributed by atoms with E-state index in [-0.39, 0.29) is 0 Å². The van der Waals surface area contributed by atoms with Gasteiger partial charge in [0.1, 0.15) is 0 Å². The van der Waals surface area contributed by atoms with Gasteiger partial charge in [0.25, 0.3) is 0 Å². The van der Waals surface area contributed by atoms with Gasteiger partial charge in [-0.15, -0.1) is 0 Å². The van der Waals surface area contributed by atoms with Crippen molar-refractivity contribution in [1.29, 1.82) is 0 Å². The lowest BCUT2D eigenvalue weighted by molar-refractivity contribution is 0.108. The van der Waals surface area contributed by atoms with Gasteiger partial charge in [0.2, 0.25) is 0 Å². The van der Waals surface area contributed by atoms with Crippen molar-refractivity contribution in [2.75, 3.05) is 0 Å². The summed E-state index contributed by atoms with van der Waals surface area (Å²) in [5.74, 6) is 2.58. The number of hydrogen-bond acceptors (Lipinski definition) is 0. The van der Waals surface area contributed by atoms with Crippen molar-refractivity contribution >= 4 is 0 Å². The van der Waals surface area contributed by atoms with Crippen molar-refractivity contribution in [2.45, 2.75) is 59.3 Å². The first kappa shape index (κ1) is 11.2. The van der Waals surface area contributed by atoms with Crippen LogP contribution in [-0.2, 0) is 0 Å².